The largest absolute Gasteiger partial charge is 0.333 e. The molecule has 0 saturated heterocycles. The van der Waals surface area contributed by atoms with Crippen LogP contribution in [0.4, 0.5) is 0 Å². The van der Waals surface area contributed by atoms with Crippen LogP contribution in [0.1, 0.15) is 39.5 Å². The monoisotopic (exact) mass is 456 g/mol. The summed E-state index contributed by atoms with van der Waals surface area (Å²) in [6.45, 7) is 3.86. The normalized spacial score (nSPS) is 15.6. The summed E-state index contributed by atoms with van der Waals surface area (Å²) in [5.74, 6) is 0.588. The summed E-state index contributed by atoms with van der Waals surface area (Å²) in [4.78, 5) is 38.0. The number of fused-ring (bicyclic) bond motifs is 2. The van der Waals surface area contributed by atoms with Crippen LogP contribution < -0.4 is 5.56 Å². The van der Waals surface area contributed by atoms with Gasteiger partial charge in [-0.25, -0.2) is 0 Å². The molecule has 1 amide bonds. The van der Waals surface area contributed by atoms with E-state index in [2.05, 4.69) is 16.0 Å². The van der Waals surface area contributed by atoms with Crippen LogP contribution in [0.5, 0.6) is 0 Å². The van der Waals surface area contributed by atoms with Gasteiger partial charge < -0.3 is 9.47 Å². The molecule has 1 saturated carbocycles. The van der Waals surface area contributed by atoms with Gasteiger partial charge in [0.25, 0.3) is 11.5 Å². The number of hydrogen-bond donors (Lipinski definition) is 0. The lowest BCUT2D eigenvalue weighted by atomic mass is 9.96. The van der Waals surface area contributed by atoms with Gasteiger partial charge in [-0.1, -0.05) is 18.2 Å². The van der Waals surface area contributed by atoms with Crippen LogP contribution in [0.25, 0.3) is 22.0 Å². The Morgan fingerprint density at radius 2 is 2.06 bits per heavy atom. The average Bonchev–Trinajstić information content (AvgIpc) is 3.48. The second-order valence-electron chi connectivity index (χ2n) is 9.06. The SMILES string of the molecule is Cc1ccc2c(-c3cc4c(n(CC5CC5)c3=O)CCN(C(=O)c3cncs3)C4)cccc2n1. The summed E-state index contributed by atoms with van der Waals surface area (Å²) in [6, 6.07) is 12.0. The number of nitrogens with zero attached hydrogens (tertiary/aromatic N) is 4. The lowest BCUT2D eigenvalue weighted by Crippen LogP contribution is -2.39. The number of benzene rings is 1. The van der Waals surface area contributed by atoms with Crippen LogP contribution in [0.2, 0.25) is 0 Å². The molecular formula is C26H24N4O2S. The van der Waals surface area contributed by atoms with Crippen molar-refractivity contribution in [3.63, 3.8) is 0 Å². The number of amides is 1. The zero-order valence-electron chi connectivity index (χ0n) is 18.5. The first-order valence-corrected chi connectivity index (χ1v) is 12.3. The smallest absolute Gasteiger partial charge is 0.265 e. The maximum absolute atomic E-state index is 13.8. The number of rotatable bonds is 4. The summed E-state index contributed by atoms with van der Waals surface area (Å²) in [7, 11) is 0. The van der Waals surface area contributed by atoms with E-state index in [0.29, 0.717) is 35.9 Å². The molecule has 0 bridgehead atoms. The van der Waals surface area contributed by atoms with E-state index in [-0.39, 0.29) is 11.5 Å². The molecule has 6 rings (SSSR count). The summed E-state index contributed by atoms with van der Waals surface area (Å²) in [5.41, 5.74) is 7.34. The van der Waals surface area contributed by atoms with E-state index < -0.39 is 0 Å². The Morgan fingerprint density at radius 1 is 1.18 bits per heavy atom. The van der Waals surface area contributed by atoms with Gasteiger partial charge in [0.1, 0.15) is 4.88 Å². The minimum absolute atomic E-state index is 0.00878. The summed E-state index contributed by atoms with van der Waals surface area (Å²) in [6.07, 6.45) is 4.68. The van der Waals surface area contributed by atoms with Gasteiger partial charge >= 0.3 is 0 Å². The Labute approximate surface area is 195 Å². The molecule has 33 heavy (non-hydrogen) atoms. The molecule has 2 aliphatic rings. The standard InChI is InChI=1S/C26H24N4O2S/c1-16-5-8-20-19(3-2-4-22(20)28-16)21-11-18-14-29(26(32)24-12-27-15-33-24)10-9-23(18)30(25(21)31)13-17-6-7-17/h2-5,8,11-12,15,17H,6-7,9-10,13-14H2,1H3. The quantitative estimate of drug-likeness (QED) is 0.455. The third kappa shape index (κ3) is 3.66. The lowest BCUT2D eigenvalue weighted by Gasteiger charge is -2.31. The fourth-order valence-corrected chi connectivity index (χ4v) is 5.39. The van der Waals surface area contributed by atoms with Crippen LogP contribution in [-0.2, 0) is 19.5 Å². The van der Waals surface area contributed by atoms with E-state index >= 15 is 0 Å². The zero-order chi connectivity index (χ0) is 22.5. The third-order valence-corrected chi connectivity index (χ3v) is 7.46. The Morgan fingerprint density at radius 3 is 2.85 bits per heavy atom. The maximum atomic E-state index is 13.8. The van der Waals surface area contributed by atoms with Crippen LogP contribution in [0, 0.1) is 12.8 Å². The minimum atomic E-state index is 0.00878. The predicted octanol–water partition coefficient (Wildman–Crippen LogP) is 4.44. The molecule has 0 radical (unpaired) electrons. The molecule has 166 valence electrons. The van der Waals surface area contributed by atoms with E-state index in [1.807, 2.05) is 46.7 Å². The molecule has 1 fully saturated rings. The number of thiazole rings is 1. The van der Waals surface area contributed by atoms with Crippen molar-refractivity contribution in [1.29, 1.82) is 0 Å². The van der Waals surface area contributed by atoms with Crippen molar-refractivity contribution in [2.24, 2.45) is 5.92 Å². The molecule has 0 atom stereocenters. The van der Waals surface area contributed by atoms with Crippen LogP contribution in [-0.4, -0.2) is 31.9 Å². The van der Waals surface area contributed by atoms with Crippen molar-refractivity contribution < 1.29 is 4.79 Å². The maximum Gasteiger partial charge on any atom is 0.265 e. The van der Waals surface area contributed by atoms with Gasteiger partial charge in [0.2, 0.25) is 0 Å². The van der Waals surface area contributed by atoms with Crippen molar-refractivity contribution >= 4 is 28.1 Å². The molecule has 4 heterocycles. The number of pyridine rings is 2. The van der Waals surface area contributed by atoms with E-state index in [1.165, 1.54) is 24.2 Å². The van der Waals surface area contributed by atoms with Gasteiger partial charge in [0.15, 0.2) is 0 Å². The minimum Gasteiger partial charge on any atom is -0.333 e. The topological polar surface area (TPSA) is 68.1 Å². The van der Waals surface area contributed by atoms with Gasteiger partial charge in [0, 0.05) is 48.4 Å². The Balaban J connectivity index is 1.49. The van der Waals surface area contributed by atoms with E-state index in [4.69, 9.17) is 0 Å². The molecule has 6 nitrogen and oxygen atoms in total. The van der Waals surface area contributed by atoms with Crippen LogP contribution in [0.15, 0.2) is 52.9 Å². The highest BCUT2D eigenvalue weighted by Crippen LogP contribution is 2.33. The van der Waals surface area contributed by atoms with Crippen molar-refractivity contribution in [3.05, 3.63) is 80.3 Å². The number of carbonyl (C=O) groups excluding carboxylic acids is 1. The molecule has 0 unspecified atom stereocenters. The highest BCUT2D eigenvalue weighted by Gasteiger charge is 2.29. The second kappa shape index (κ2) is 7.92. The summed E-state index contributed by atoms with van der Waals surface area (Å²) >= 11 is 1.37. The Kier molecular flexibility index (Phi) is 4.87. The molecule has 4 aromatic rings. The van der Waals surface area contributed by atoms with Gasteiger partial charge in [0.05, 0.1) is 17.2 Å². The van der Waals surface area contributed by atoms with Crippen molar-refractivity contribution in [2.75, 3.05) is 6.54 Å². The number of aromatic nitrogens is 3. The molecule has 3 aromatic heterocycles. The molecule has 7 heteroatoms. The number of carbonyl (C=O) groups is 1. The van der Waals surface area contributed by atoms with Crippen LogP contribution in [0.3, 0.4) is 0 Å². The molecule has 1 aliphatic carbocycles. The predicted molar refractivity (Wildman–Crippen MR) is 129 cm³/mol. The molecular weight excluding hydrogens is 432 g/mol. The fourth-order valence-electron chi connectivity index (χ4n) is 4.81. The molecule has 1 aromatic carbocycles. The number of hydrogen-bond acceptors (Lipinski definition) is 5. The highest BCUT2D eigenvalue weighted by atomic mass is 32.1. The van der Waals surface area contributed by atoms with Crippen molar-refractivity contribution in [3.8, 4) is 11.1 Å². The van der Waals surface area contributed by atoms with E-state index in [0.717, 1.165) is 40.0 Å². The van der Waals surface area contributed by atoms with E-state index in [9.17, 15) is 9.59 Å². The Bertz CT molecular complexity index is 1440. The van der Waals surface area contributed by atoms with Gasteiger partial charge in [-0.2, -0.15) is 0 Å². The fraction of sp³-hybridized carbons (Fsp3) is 0.308. The van der Waals surface area contributed by atoms with Gasteiger partial charge in [-0.3, -0.25) is 19.6 Å². The zero-order valence-corrected chi connectivity index (χ0v) is 19.3. The lowest BCUT2D eigenvalue weighted by molar-refractivity contribution is 0.0736. The van der Waals surface area contributed by atoms with Gasteiger partial charge in [-0.15, -0.1) is 11.3 Å². The molecule has 0 N–H and O–H groups in total. The second-order valence-corrected chi connectivity index (χ2v) is 9.94. The first kappa shape index (κ1) is 20.3. The highest BCUT2D eigenvalue weighted by molar-refractivity contribution is 7.11. The Hall–Kier alpha value is -3.32. The van der Waals surface area contributed by atoms with Crippen molar-refractivity contribution in [2.45, 2.75) is 39.3 Å². The number of aryl methyl sites for hydroxylation is 1. The first-order chi connectivity index (χ1) is 16.1. The molecule has 1 aliphatic heterocycles. The average molecular weight is 457 g/mol. The van der Waals surface area contributed by atoms with E-state index in [1.54, 1.807) is 11.7 Å². The first-order valence-electron chi connectivity index (χ1n) is 11.4. The third-order valence-electron chi connectivity index (χ3n) is 6.70. The molecule has 0 spiro atoms. The van der Waals surface area contributed by atoms with Gasteiger partial charge in [-0.05, 0) is 55.0 Å². The van der Waals surface area contributed by atoms with Crippen molar-refractivity contribution in [1.82, 2.24) is 19.4 Å². The summed E-state index contributed by atoms with van der Waals surface area (Å²) in [5, 5.41) is 0.978. The summed E-state index contributed by atoms with van der Waals surface area (Å²) < 4.78 is 2.00. The van der Waals surface area contributed by atoms with Crippen LogP contribution >= 0.6 is 11.3 Å².